The van der Waals surface area contributed by atoms with E-state index in [1.165, 1.54) is 0 Å². The first-order chi connectivity index (χ1) is 12.6. The summed E-state index contributed by atoms with van der Waals surface area (Å²) in [6, 6.07) is 11.8. The number of aryl methyl sites for hydroxylation is 1. The highest BCUT2D eigenvalue weighted by atomic mass is 32.1. The molecule has 3 aromatic rings. The summed E-state index contributed by atoms with van der Waals surface area (Å²) in [6.07, 6.45) is 0.193. The molecule has 0 aliphatic carbocycles. The average Bonchev–Trinajstić information content (AvgIpc) is 3.28. The molecular formula is C20H23N3O2S. The number of benzene rings is 1. The Morgan fingerprint density at radius 2 is 1.92 bits per heavy atom. The molecule has 0 saturated heterocycles. The van der Waals surface area contributed by atoms with Gasteiger partial charge in [0.15, 0.2) is 0 Å². The quantitative estimate of drug-likeness (QED) is 0.653. The van der Waals surface area contributed by atoms with E-state index >= 15 is 0 Å². The molecular weight excluding hydrogens is 346 g/mol. The molecule has 1 amide bonds. The van der Waals surface area contributed by atoms with E-state index in [0.29, 0.717) is 17.3 Å². The first-order valence-corrected chi connectivity index (χ1v) is 9.63. The second kappa shape index (κ2) is 8.19. The summed E-state index contributed by atoms with van der Waals surface area (Å²) in [4.78, 5) is 20.1. The summed E-state index contributed by atoms with van der Waals surface area (Å²) in [6.45, 7) is 8.01. The van der Waals surface area contributed by atoms with Gasteiger partial charge in [0, 0.05) is 24.5 Å². The number of nitrogens with zero attached hydrogens (tertiary/aromatic N) is 2. The summed E-state index contributed by atoms with van der Waals surface area (Å²) >= 11 is 1.57. The fourth-order valence-corrected chi connectivity index (χ4v) is 3.45. The van der Waals surface area contributed by atoms with Gasteiger partial charge in [0.05, 0.1) is 17.0 Å². The van der Waals surface area contributed by atoms with Crippen LogP contribution in [0.25, 0.3) is 10.8 Å². The van der Waals surface area contributed by atoms with Gasteiger partial charge >= 0.3 is 0 Å². The first kappa shape index (κ1) is 18.2. The molecule has 2 aromatic heterocycles. The Hall–Kier alpha value is -2.60. The SMILES string of the molecule is CCN(CC)c1ccc(NC(=O)Cc2nc(-c3cccs3)oc2C)cc1. The molecule has 0 aliphatic heterocycles. The minimum absolute atomic E-state index is 0.102. The van der Waals surface area contributed by atoms with Gasteiger partial charge in [-0.15, -0.1) is 11.3 Å². The van der Waals surface area contributed by atoms with E-state index in [-0.39, 0.29) is 12.3 Å². The van der Waals surface area contributed by atoms with E-state index in [1.807, 2.05) is 48.7 Å². The van der Waals surface area contributed by atoms with Crippen LogP contribution in [0.1, 0.15) is 25.3 Å². The molecule has 6 heteroatoms. The molecule has 0 unspecified atom stereocenters. The lowest BCUT2D eigenvalue weighted by atomic mass is 10.2. The molecule has 0 spiro atoms. The zero-order valence-electron chi connectivity index (χ0n) is 15.3. The third-order valence-electron chi connectivity index (χ3n) is 4.23. The lowest BCUT2D eigenvalue weighted by molar-refractivity contribution is -0.115. The van der Waals surface area contributed by atoms with Crippen molar-refractivity contribution in [3.05, 3.63) is 53.2 Å². The number of carbonyl (C=O) groups is 1. The largest absolute Gasteiger partial charge is 0.440 e. The minimum atomic E-state index is -0.102. The number of amides is 1. The number of carbonyl (C=O) groups excluding carboxylic acids is 1. The van der Waals surface area contributed by atoms with Gasteiger partial charge in [-0.25, -0.2) is 4.98 Å². The molecule has 26 heavy (non-hydrogen) atoms. The van der Waals surface area contributed by atoms with Crippen LogP contribution in [0, 0.1) is 6.92 Å². The summed E-state index contributed by atoms with van der Waals surface area (Å²) in [5, 5.41) is 4.90. The molecule has 2 heterocycles. The summed E-state index contributed by atoms with van der Waals surface area (Å²) < 4.78 is 5.69. The van der Waals surface area contributed by atoms with E-state index in [9.17, 15) is 4.79 Å². The molecule has 0 saturated carbocycles. The van der Waals surface area contributed by atoms with Gasteiger partial charge in [-0.3, -0.25) is 4.79 Å². The zero-order valence-corrected chi connectivity index (χ0v) is 16.1. The number of hydrogen-bond donors (Lipinski definition) is 1. The predicted molar refractivity (Wildman–Crippen MR) is 107 cm³/mol. The lowest BCUT2D eigenvalue weighted by Crippen LogP contribution is -2.21. The second-order valence-corrected chi connectivity index (χ2v) is 6.89. The highest BCUT2D eigenvalue weighted by Crippen LogP contribution is 2.26. The van der Waals surface area contributed by atoms with Crippen LogP contribution in [0.4, 0.5) is 11.4 Å². The Labute approximate surface area is 157 Å². The first-order valence-electron chi connectivity index (χ1n) is 8.75. The van der Waals surface area contributed by atoms with E-state index in [2.05, 4.69) is 29.0 Å². The fraction of sp³-hybridized carbons (Fsp3) is 0.300. The fourth-order valence-electron chi connectivity index (χ4n) is 2.80. The van der Waals surface area contributed by atoms with Crippen LogP contribution in [0.15, 0.2) is 46.2 Å². The van der Waals surface area contributed by atoms with Crippen molar-refractivity contribution in [1.82, 2.24) is 4.98 Å². The van der Waals surface area contributed by atoms with Crippen molar-refractivity contribution in [2.75, 3.05) is 23.3 Å². The van der Waals surface area contributed by atoms with Crippen LogP contribution >= 0.6 is 11.3 Å². The Bertz CT molecular complexity index is 850. The van der Waals surface area contributed by atoms with Crippen molar-refractivity contribution >= 4 is 28.6 Å². The predicted octanol–water partition coefficient (Wildman–Crippen LogP) is 4.74. The maximum Gasteiger partial charge on any atom is 0.236 e. The van der Waals surface area contributed by atoms with Gasteiger partial charge in [-0.05, 0) is 56.5 Å². The van der Waals surface area contributed by atoms with E-state index in [4.69, 9.17) is 4.42 Å². The number of nitrogens with one attached hydrogen (secondary N) is 1. The van der Waals surface area contributed by atoms with Crippen molar-refractivity contribution in [1.29, 1.82) is 0 Å². The highest BCUT2D eigenvalue weighted by molar-refractivity contribution is 7.13. The van der Waals surface area contributed by atoms with Crippen LogP contribution in [0.2, 0.25) is 0 Å². The van der Waals surface area contributed by atoms with Crippen molar-refractivity contribution in [3.63, 3.8) is 0 Å². The van der Waals surface area contributed by atoms with Crippen molar-refractivity contribution in [3.8, 4) is 10.8 Å². The Morgan fingerprint density at radius 3 is 2.54 bits per heavy atom. The number of rotatable bonds is 7. The molecule has 5 nitrogen and oxygen atoms in total. The van der Waals surface area contributed by atoms with Gasteiger partial charge in [-0.2, -0.15) is 0 Å². The van der Waals surface area contributed by atoms with Gasteiger partial charge in [0.2, 0.25) is 11.8 Å². The average molecular weight is 369 g/mol. The van der Waals surface area contributed by atoms with E-state index < -0.39 is 0 Å². The molecule has 1 aromatic carbocycles. The van der Waals surface area contributed by atoms with E-state index in [0.717, 1.165) is 29.3 Å². The smallest absolute Gasteiger partial charge is 0.236 e. The number of aromatic nitrogens is 1. The van der Waals surface area contributed by atoms with Gasteiger partial charge in [-0.1, -0.05) is 6.07 Å². The normalized spacial score (nSPS) is 10.7. The van der Waals surface area contributed by atoms with Crippen molar-refractivity contribution in [2.45, 2.75) is 27.2 Å². The van der Waals surface area contributed by atoms with Crippen LogP contribution in [0.5, 0.6) is 0 Å². The Balaban J connectivity index is 1.64. The zero-order chi connectivity index (χ0) is 18.5. The van der Waals surface area contributed by atoms with Gasteiger partial charge in [0.25, 0.3) is 0 Å². The monoisotopic (exact) mass is 369 g/mol. The molecule has 0 bridgehead atoms. The third kappa shape index (κ3) is 4.14. The van der Waals surface area contributed by atoms with Crippen LogP contribution in [0.3, 0.4) is 0 Å². The van der Waals surface area contributed by atoms with Crippen LogP contribution in [-0.4, -0.2) is 24.0 Å². The molecule has 1 N–H and O–H groups in total. The highest BCUT2D eigenvalue weighted by Gasteiger charge is 2.15. The summed E-state index contributed by atoms with van der Waals surface area (Å²) in [5.41, 5.74) is 2.61. The topological polar surface area (TPSA) is 58.4 Å². The molecule has 0 atom stereocenters. The third-order valence-corrected chi connectivity index (χ3v) is 5.09. The standard InChI is InChI=1S/C20H23N3O2S/c1-4-23(5-2)16-10-8-15(9-11-16)21-19(24)13-17-14(3)25-20(22-17)18-7-6-12-26-18/h6-12H,4-5,13H2,1-3H3,(H,21,24). The Morgan fingerprint density at radius 1 is 1.19 bits per heavy atom. The second-order valence-electron chi connectivity index (χ2n) is 5.94. The summed E-state index contributed by atoms with van der Waals surface area (Å²) in [7, 11) is 0. The van der Waals surface area contributed by atoms with Crippen molar-refractivity contribution < 1.29 is 9.21 Å². The Kier molecular flexibility index (Phi) is 5.73. The van der Waals surface area contributed by atoms with Gasteiger partial charge in [0.1, 0.15) is 5.76 Å². The van der Waals surface area contributed by atoms with Crippen LogP contribution < -0.4 is 10.2 Å². The lowest BCUT2D eigenvalue weighted by Gasteiger charge is -2.21. The number of thiophene rings is 1. The molecule has 136 valence electrons. The molecule has 3 rings (SSSR count). The van der Waals surface area contributed by atoms with E-state index in [1.54, 1.807) is 11.3 Å². The number of hydrogen-bond acceptors (Lipinski definition) is 5. The molecule has 0 radical (unpaired) electrons. The van der Waals surface area contributed by atoms with Gasteiger partial charge < -0.3 is 14.6 Å². The van der Waals surface area contributed by atoms with Crippen molar-refractivity contribution in [2.24, 2.45) is 0 Å². The maximum atomic E-state index is 12.4. The molecule has 0 fully saturated rings. The maximum absolute atomic E-state index is 12.4. The molecule has 0 aliphatic rings. The number of anilines is 2. The summed E-state index contributed by atoms with van der Waals surface area (Å²) in [5.74, 6) is 1.15. The van der Waals surface area contributed by atoms with Crippen LogP contribution in [-0.2, 0) is 11.2 Å². The number of oxazole rings is 1. The minimum Gasteiger partial charge on any atom is -0.440 e.